The number of carbonyl (C=O) groups excluding carboxylic acids is 1. The smallest absolute Gasteiger partial charge is 0.414 e. The van der Waals surface area contributed by atoms with Crippen molar-refractivity contribution in [1.82, 2.24) is 4.90 Å². The second kappa shape index (κ2) is 1.86. The maximum atomic E-state index is 10.4. The van der Waals surface area contributed by atoms with E-state index in [1.54, 1.807) is 4.90 Å². The molecule has 8 heavy (non-hydrogen) atoms. The highest BCUT2D eigenvalue weighted by atomic mass is 16.5. The lowest BCUT2D eigenvalue weighted by molar-refractivity contribution is 0.170. The van der Waals surface area contributed by atoms with Crippen molar-refractivity contribution in [3.05, 3.63) is 12.8 Å². The van der Waals surface area contributed by atoms with E-state index in [4.69, 9.17) is 0 Å². The van der Waals surface area contributed by atoms with Crippen molar-refractivity contribution >= 4 is 6.09 Å². The number of hydrogen-bond donors (Lipinski definition) is 0. The van der Waals surface area contributed by atoms with E-state index in [-0.39, 0.29) is 6.09 Å². The van der Waals surface area contributed by atoms with Crippen LogP contribution in [0.4, 0.5) is 4.79 Å². The van der Waals surface area contributed by atoms with Gasteiger partial charge in [0.25, 0.3) is 0 Å². The van der Waals surface area contributed by atoms with Gasteiger partial charge in [-0.2, -0.15) is 0 Å². The molecular formula is C5H7NO2. The molecule has 0 unspecified atom stereocenters. The second-order valence-corrected chi connectivity index (χ2v) is 1.54. The van der Waals surface area contributed by atoms with Crippen LogP contribution in [0.15, 0.2) is 12.8 Å². The first-order chi connectivity index (χ1) is 3.84. The molecule has 3 nitrogen and oxygen atoms in total. The SMILES string of the molecule is C=COC(=O)N1CC1. The normalized spacial score (nSPS) is 15.2. The predicted octanol–water partition coefficient (Wildman–Crippen LogP) is 0.582. The molecule has 0 atom stereocenters. The zero-order chi connectivity index (χ0) is 5.98. The van der Waals surface area contributed by atoms with Crippen molar-refractivity contribution in [2.45, 2.75) is 0 Å². The molecule has 0 radical (unpaired) electrons. The van der Waals surface area contributed by atoms with Crippen molar-refractivity contribution in [3.8, 4) is 0 Å². The lowest BCUT2D eigenvalue weighted by Gasteiger charge is -1.94. The van der Waals surface area contributed by atoms with Crippen LogP contribution >= 0.6 is 0 Å². The summed E-state index contributed by atoms with van der Waals surface area (Å²) in [5.41, 5.74) is 0. The maximum absolute atomic E-state index is 10.4. The topological polar surface area (TPSA) is 29.3 Å². The Morgan fingerprint density at radius 1 is 1.75 bits per heavy atom. The minimum atomic E-state index is -0.292. The zero-order valence-electron chi connectivity index (χ0n) is 4.46. The molecule has 1 saturated heterocycles. The van der Waals surface area contributed by atoms with E-state index in [2.05, 4.69) is 11.3 Å². The van der Waals surface area contributed by atoms with E-state index in [1.807, 2.05) is 0 Å². The van der Waals surface area contributed by atoms with Crippen LogP contribution in [0, 0.1) is 0 Å². The minimum absolute atomic E-state index is 0.292. The number of carbonyl (C=O) groups is 1. The van der Waals surface area contributed by atoms with Gasteiger partial charge in [-0.15, -0.1) is 0 Å². The van der Waals surface area contributed by atoms with Gasteiger partial charge in [0.15, 0.2) is 0 Å². The molecule has 1 rings (SSSR count). The summed E-state index contributed by atoms with van der Waals surface area (Å²) in [4.78, 5) is 12.0. The minimum Gasteiger partial charge on any atom is -0.419 e. The molecule has 1 fully saturated rings. The average Bonchev–Trinajstić information content (AvgIpc) is 2.45. The van der Waals surface area contributed by atoms with Crippen LogP contribution in [-0.2, 0) is 4.74 Å². The van der Waals surface area contributed by atoms with Crippen molar-refractivity contribution in [2.75, 3.05) is 13.1 Å². The largest absolute Gasteiger partial charge is 0.419 e. The lowest BCUT2D eigenvalue weighted by Crippen LogP contribution is -2.08. The van der Waals surface area contributed by atoms with Gasteiger partial charge in [0.2, 0.25) is 0 Å². The summed E-state index contributed by atoms with van der Waals surface area (Å²) in [5, 5.41) is 0. The van der Waals surface area contributed by atoms with Gasteiger partial charge >= 0.3 is 6.09 Å². The Hall–Kier alpha value is -0.990. The highest BCUT2D eigenvalue weighted by Gasteiger charge is 2.24. The van der Waals surface area contributed by atoms with Crippen LogP contribution < -0.4 is 0 Å². The average molecular weight is 113 g/mol. The summed E-state index contributed by atoms with van der Waals surface area (Å²) in [6, 6.07) is 0. The molecule has 0 spiro atoms. The van der Waals surface area contributed by atoms with Gasteiger partial charge in [-0.1, -0.05) is 6.58 Å². The molecule has 3 heteroatoms. The number of rotatable bonds is 1. The summed E-state index contributed by atoms with van der Waals surface area (Å²) >= 11 is 0. The molecule has 0 aromatic heterocycles. The fourth-order valence-corrected chi connectivity index (χ4v) is 0.378. The molecule has 44 valence electrons. The van der Waals surface area contributed by atoms with Gasteiger partial charge in [-0.05, 0) is 0 Å². The predicted molar refractivity (Wildman–Crippen MR) is 28.3 cm³/mol. The molecule has 1 aliphatic rings. The summed E-state index contributed by atoms with van der Waals surface area (Å²) in [5.74, 6) is 0. The summed E-state index contributed by atoms with van der Waals surface area (Å²) in [6.07, 6.45) is 0.848. The third kappa shape index (κ3) is 0.992. The molecule has 0 aliphatic carbocycles. The second-order valence-electron chi connectivity index (χ2n) is 1.54. The molecule has 0 saturated carbocycles. The first-order valence-corrected chi connectivity index (χ1v) is 2.41. The zero-order valence-corrected chi connectivity index (χ0v) is 4.46. The van der Waals surface area contributed by atoms with Crippen molar-refractivity contribution in [1.29, 1.82) is 0 Å². The van der Waals surface area contributed by atoms with Crippen LogP contribution in [-0.4, -0.2) is 24.1 Å². The van der Waals surface area contributed by atoms with Crippen LogP contribution in [0.1, 0.15) is 0 Å². The van der Waals surface area contributed by atoms with Crippen LogP contribution in [0.5, 0.6) is 0 Å². The molecular weight excluding hydrogens is 106 g/mol. The Labute approximate surface area is 47.5 Å². The highest BCUT2D eigenvalue weighted by Crippen LogP contribution is 2.04. The number of hydrogen-bond acceptors (Lipinski definition) is 2. The summed E-state index contributed by atoms with van der Waals surface area (Å²) < 4.78 is 4.42. The van der Waals surface area contributed by atoms with Gasteiger partial charge in [-0.25, -0.2) is 4.79 Å². The van der Waals surface area contributed by atoms with Gasteiger partial charge in [0, 0.05) is 13.1 Å². The Morgan fingerprint density at radius 2 is 2.38 bits per heavy atom. The Morgan fingerprint density at radius 3 is 2.75 bits per heavy atom. The quantitative estimate of drug-likeness (QED) is 0.367. The fourth-order valence-electron chi connectivity index (χ4n) is 0.378. The van der Waals surface area contributed by atoms with E-state index in [9.17, 15) is 4.79 Å². The monoisotopic (exact) mass is 113 g/mol. The standard InChI is InChI=1S/C5H7NO2/c1-2-8-5(7)6-3-4-6/h2H,1,3-4H2. The number of amides is 1. The van der Waals surface area contributed by atoms with Crippen molar-refractivity contribution in [2.24, 2.45) is 0 Å². The van der Waals surface area contributed by atoms with Gasteiger partial charge in [0.05, 0.1) is 6.26 Å². The van der Waals surface area contributed by atoms with Gasteiger partial charge in [-0.3, -0.25) is 0 Å². The molecule has 0 aromatic rings. The Bertz CT molecular complexity index is 118. The first kappa shape index (κ1) is 5.15. The van der Waals surface area contributed by atoms with E-state index < -0.39 is 0 Å². The van der Waals surface area contributed by atoms with Gasteiger partial charge in [0.1, 0.15) is 0 Å². The molecule has 1 aliphatic heterocycles. The highest BCUT2D eigenvalue weighted by molar-refractivity contribution is 5.70. The van der Waals surface area contributed by atoms with Crippen LogP contribution in [0.25, 0.3) is 0 Å². The third-order valence-electron chi connectivity index (χ3n) is 0.890. The number of ether oxygens (including phenoxy) is 1. The van der Waals surface area contributed by atoms with E-state index in [0.717, 1.165) is 19.4 Å². The van der Waals surface area contributed by atoms with Crippen molar-refractivity contribution < 1.29 is 9.53 Å². The first-order valence-electron chi connectivity index (χ1n) is 2.41. The Balaban J connectivity index is 2.22. The van der Waals surface area contributed by atoms with Crippen LogP contribution in [0.3, 0.4) is 0 Å². The summed E-state index contributed by atoms with van der Waals surface area (Å²) in [7, 11) is 0. The van der Waals surface area contributed by atoms with Gasteiger partial charge < -0.3 is 9.64 Å². The summed E-state index contributed by atoms with van der Waals surface area (Å²) in [6.45, 7) is 4.89. The molecule has 0 aromatic carbocycles. The van der Waals surface area contributed by atoms with E-state index in [1.165, 1.54) is 0 Å². The number of nitrogens with zero attached hydrogens (tertiary/aromatic N) is 1. The fraction of sp³-hybridized carbons (Fsp3) is 0.400. The van der Waals surface area contributed by atoms with E-state index in [0.29, 0.717) is 0 Å². The van der Waals surface area contributed by atoms with Crippen LogP contribution in [0.2, 0.25) is 0 Å². The lowest BCUT2D eigenvalue weighted by atomic mass is 11.0. The molecule has 0 N–H and O–H groups in total. The molecule has 0 bridgehead atoms. The molecule has 1 amide bonds. The molecule has 1 heterocycles. The van der Waals surface area contributed by atoms with E-state index >= 15 is 0 Å². The Kier molecular flexibility index (Phi) is 1.20. The van der Waals surface area contributed by atoms with Crippen molar-refractivity contribution in [3.63, 3.8) is 0 Å². The third-order valence-corrected chi connectivity index (χ3v) is 0.890. The maximum Gasteiger partial charge on any atom is 0.414 e.